The number of ether oxygens (including phenoxy) is 1. The van der Waals surface area contributed by atoms with Crippen molar-refractivity contribution >= 4 is 17.6 Å². The Morgan fingerprint density at radius 3 is 2.44 bits per heavy atom. The van der Waals surface area contributed by atoms with E-state index in [0.717, 1.165) is 22.4 Å². The van der Waals surface area contributed by atoms with Gasteiger partial charge in [0.05, 0.1) is 6.42 Å². The van der Waals surface area contributed by atoms with Crippen LogP contribution in [0.15, 0.2) is 42.5 Å². The third-order valence-electron chi connectivity index (χ3n) is 4.14. The highest BCUT2D eigenvalue weighted by atomic mass is 16.5. The molecule has 132 valence electrons. The van der Waals surface area contributed by atoms with Gasteiger partial charge in [0.25, 0.3) is 5.91 Å². The van der Waals surface area contributed by atoms with E-state index in [9.17, 15) is 9.59 Å². The van der Waals surface area contributed by atoms with E-state index in [1.807, 2.05) is 56.3 Å². The maximum atomic E-state index is 12.1. The van der Waals surface area contributed by atoms with Crippen LogP contribution in [0.5, 0.6) is 0 Å². The van der Waals surface area contributed by atoms with Gasteiger partial charge in [0, 0.05) is 5.69 Å². The maximum Gasteiger partial charge on any atom is 0.310 e. The van der Waals surface area contributed by atoms with Crippen molar-refractivity contribution in [2.45, 2.75) is 40.0 Å². The van der Waals surface area contributed by atoms with E-state index in [4.69, 9.17) is 4.74 Å². The molecule has 4 nitrogen and oxygen atoms in total. The van der Waals surface area contributed by atoms with Gasteiger partial charge in [-0.2, -0.15) is 0 Å². The van der Waals surface area contributed by atoms with Crippen molar-refractivity contribution in [3.05, 3.63) is 64.7 Å². The lowest BCUT2D eigenvalue weighted by Crippen LogP contribution is -2.22. The number of hydrogen-bond acceptors (Lipinski definition) is 3. The fraction of sp³-hybridized carbons (Fsp3) is 0.333. The zero-order valence-corrected chi connectivity index (χ0v) is 15.3. The number of carbonyl (C=O) groups excluding carboxylic acids is 2. The van der Waals surface area contributed by atoms with Crippen LogP contribution in [0.2, 0.25) is 0 Å². The van der Waals surface area contributed by atoms with Gasteiger partial charge in [-0.25, -0.2) is 0 Å². The van der Waals surface area contributed by atoms with Crippen molar-refractivity contribution in [1.82, 2.24) is 0 Å². The largest absolute Gasteiger partial charge is 0.455 e. The van der Waals surface area contributed by atoms with Crippen molar-refractivity contribution in [2.75, 3.05) is 11.9 Å². The van der Waals surface area contributed by atoms with Crippen LogP contribution in [-0.2, 0) is 20.7 Å². The van der Waals surface area contributed by atoms with Gasteiger partial charge in [0.15, 0.2) is 6.61 Å². The van der Waals surface area contributed by atoms with Crippen molar-refractivity contribution in [3.63, 3.8) is 0 Å². The van der Waals surface area contributed by atoms with E-state index in [2.05, 4.69) is 19.2 Å². The SMILES string of the molecule is Cc1ccc(CC(=O)OCC(=O)Nc2ccccc2C(C)C)cc1C. The molecule has 0 saturated carbocycles. The lowest BCUT2D eigenvalue weighted by molar-refractivity contribution is -0.146. The molecule has 0 spiro atoms. The Kier molecular flexibility index (Phi) is 6.34. The van der Waals surface area contributed by atoms with E-state index in [1.165, 1.54) is 5.56 Å². The Morgan fingerprint density at radius 2 is 1.76 bits per heavy atom. The third kappa shape index (κ3) is 5.45. The highest BCUT2D eigenvalue weighted by Gasteiger charge is 2.12. The topological polar surface area (TPSA) is 55.4 Å². The van der Waals surface area contributed by atoms with E-state index in [-0.39, 0.29) is 18.9 Å². The summed E-state index contributed by atoms with van der Waals surface area (Å²) < 4.78 is 5.10. The second-order valence-corrected chi connectivity index (χ2v) is 6.55. The van der Waals surface area contributed by atoms with E-state index in [1.54, 1.807) is 0 Å². The average Bonchev–Trinajstić information content (AvgIpc) is 2.57. The quantitative estimate of drug-likeness (QED) is 0.804. The summed E-state index contributed by atoms with van der Waals surface area (Å²) in [6.07, 6.45) is 0.164. The summed E-state index contributed by atoms with van der Waals surface area (Å²) in [7, 11) is 0. The van der Waals surface area contributed by atoms with Crippen LogP contribution in [0.3, 0.4) is 0 Å². The summed E-state index contributed by atoms with van der Waals surface area (Å²) in [6, 6.07) is 13.5. The summed E-state index contributed by atoms with van der Waals surface area (Å²) in [5, 5.41) is 2.81. The smallest absolute Gasteiger partial charge is 0.310 e. The molecule has 0 aliphatic heterocycles. The zero-order chi connectivity index (χ0) is 18.4. The first-order valence-electron chi connectivity index (χ1n) is 8.47. The van der Waals surface area contributed by atoms with Gasteiger partial charge in [0.2, 0.25) is 0 Å². The Balaban J connectivity index is 1.87. The molecule has 2 aromatic carbocycles. The Morgan fingerprint density at radius 1 is 1.04 bits per heavy atom. The molecule has 0 radical (unpaired) electrons. The number of aryl methyl sites for hydroxylation is 2. The minimum atomic E-state index is -0.407. The molecule has 0 heterocycles. The molecule has 0 aliphatic rings. The molecule has 2 rings (SSSR count). The molecule has 0 unspecified atom stereocenters. The predicted octanol–water partition coefficient (Wildman–Crippen LogP) is 4.15. The van der Waals surface area contributed by atoms with Crippen LogP contribution in [0.25, 0.3) is 0 Å². The lowest BCUT2D eigenvalue weighted by Gasteiger charge is -2.13. The van der Waals surface area contributed by atoms with Gasteiger partial charge in [-0.3, -0.25) is 9.59 Å². The van der Waals surface area contributed by atoms with Crippen molar-refractivity contribution in [3.8, 4) is 0 Å². The van der Waals surface area contributed by atoms with Crippen molar-refractivity contribution in [2.24, 2.45) is 0 Å². The second-order valence-electron chi connectivity index (χ2n) is 6.55. The van der Waals surface area contributed by atoms with E-state index >= 15 is 0 Å². The molecule has 2 aromatic rings. The Bertz CT molecular complexity index is 765. The summed E-state index contributed by atoms with van der Waals surface area (Å²) in [4.78, 5) is 24.0. The number of hydrogen-bond donors (Lipinski definition) is 1. The van der Waals surface area contributed by atoms with Crippen LogP contribution >= 0.6 is 0 Å². The van der Waals surface area contributed by atoms with Crippen LogP contribution in [0, 0.1) is 13.8 Å². The number of anilines is 1. The first-order chi connectivity index (χ1) is 11.9. The first kappa shape index (κ1) is 18.7. The molecule has 4 heteroatoms. The normalized spacial score (nSPS) is 10.6. The molecule has 0 aliphatic carbocycles. The van der Waals surface area contributed by atoms with Gasteiger partial charge in [-0.1, -0.05) is 50.2 Å². The van der Waals surface area contributed by atoms with E-state index < -0.39 is 5.97 Å². The van der Waals surface area contributed by atoms with Crippen LogP contribution in [-0.4, -0.2) is 18.5 Å². The Hall–Kier alpha value is -2.62. The summed E-state index contributed by atoms with van der Waals surface area (Å²) in [6.45, 7) is 7.87. The standard InChI is InChI=1S/C21H25NO3/c1-14(2)18-7-5-6-8-19(18)22-20(23)13-25-21(24)12-17-10-9-15(3)16(4)11-17/h5-11,14H,12-13H2,1-4H3,(H,22,23). The lowest BCUT2D eigenvalue weighted by atomic mass is 10.0. The van der Waals surface area contributed by atoms with Crippen LogP contribution in [0.1, 0.15) is 42.0 Å². The number of amides is 1. The van der Waals surface area contributed by atoms with Gasteiger partial charge >= 0.3 is 5.97 Å². The van der Waals surface area contributed by atoms with Gasteiger partial charge < -0.3 is 10.1 Å². The summed E-state index contributed by atoms with van der Waals surface area (Å²) in [5.74, 6) is -0.444. The summed E-state index contributed by atoms with van der Waals surface area (Å²) in [5.41, 5.74) is 5.01. The third-order valence-corrected chi connectivity index (χ3v) is 4.14. The minimum Gasteiger partial charge on any atom is -0.455 e. The van der Waals surface area contributed by atoms with Crippen LogP contribution < -0.4 is 5.32 Å². The van der Waals surface area contributed by atoms with E-state index in [0.29, 0.717) is 5.92 Å². The molecule has 0 bridgehead atoms. The molecular formula is C21H25NO3. The summed E-state index contributed by atoms with van der Waals surface area (Å²) >= 11 is 0. The molecule has 0 aromatic heterocycles. The van der Waals surface area contributed by atoms with Crippen LogP contribution in [0.4, 0.5) is 5.69 Å². The number of rotatable bonds is 6. The fourth-order valence-electron chi connectivity index (χ4n) is 2.58. The highest BCUT2D eigenvalue weighted by Crippen LogP contribution is 2.23. The van der Waals surface area contributed by atoms with Gasteiger partial charge in [-0.05, 0) is 48.1 Å². The van der Waals surface area contributed by atoms with Gasteiger partial charge in [0.1, 0.15) is 0 Å². The molecule has 25 heavy (non-hydrogen) atoms. The molecule has 0 atom stereocenters. The van der Waals surface area contributed by atoms with Gasteiger partial charge in [-0.15, -0.1) is 0 Å². The average molecular weight is 339 g/mol. The van der Waals surface area contributed by atoms with Crippen molar-refractivity contribution < 1.29 is 14.3 Å². The van der Waals surface area contributed by atoms with Crippen molar-refractivity contribution in [1.29, 1.82) is 0 Å². The Labute approximate surface area is 149 Å². The monoisotopic (exact) mass is 339 g/mol. The molecule has 0 saturated heterocycles. The first-order valence-corrected chi connectivity index (χ1v) is 8.47. The molecular weight excluding hydrogens is 314 g/mol. The number of esters is 1. The highest BCUT2D eigenvalue weighted by molar-refractivity contribution is 5.93. The zero-order valence-electron chi connectivity index (χ0n) is 15.3. The number of para-hydroxylation sites is 1. The minimum absolute atomic E-state index is 0.164. The number of nitrogens with one attached hydrogen (secondary N) is 1. The number of carbonyl (C=O) groups is 2. The maximum absolute atomic E-state index is 12.1. The molecule has 1 amide bonds. The fourth-order valence-corrected chi connectivity index (χ4v) is 2.58. The second kappa shape index (κ2) is 8.47. The number of benzene rings is 2. The molecule has 1 N–H and O–H groups in total. The molecule has 0 fully saturated rings. The predicted molar refractivity (Wildman–Crippen MR) is 99.7 cm³/mol.